The molecular weight excluding hydrogens is 418 g/mol. The maximum absolute atomic E-state index is 12.8. The molecule has 0 aliphatic carbocycles. The molecule has 7 heteroatoms. The summed E-state index contributed by atoms with van der Waals surface area (Å²) in [6, 6.07) is 19.6. The van der Waals surface area contributed by atoms with E-state index in [0.717, 1.165) is 11.1 Å². The SMILES string of the molecule is Cc1ccc(C(=O)Nc2ccc3c(c2)N(CC(=O)Nc2ccccc2)C(=O)C(C)O3)cc1C. The van der Waals surface area contributed by atoms with Gasteiger partial charge in [-0.3, -0.25) is 19.3 Å². The maximum Gasteiger partial charge on any atom is 0.268 e. The third kappa shape index (κ3) is 4.87. The summed E-state index contributed by atoms with van der Waals surface area (Å²) in [5.41, 5.74) is 4.24. The van der Waals surface area contributed by atoms with Crippen molar-refractivity contribution in [2.45, 2.75) is 26.9 Å². The molecule has 1 unspecified atom stereocenters. The first kappa shape index (κ1) is 22.1. The predicted molar refractivity (Wildman–Crippen MR) is 128 cm³/mol. The summed E-state index contributed by atoms with van der Waals surface area (Å²) in [4.78, 5) is 39.6. The summed E-state index contributed by atoms with van der Waals surface area (Å²) < 4.78 is 5.71. The number of nitrogens with zero attached hydrogens (tertiary/aromatic N) is 1. The fraction of sp³-hybridized carbons (Fsp3) is 0.192. The van der Waals surface area contributed by atoms with Crippen molar-refractivity contribution in [1.29, 1.82) is 0 Å². The molecule has 1 heterocycles. The van der Waals surface area contributed by atoms with Gasteiger partial charge >= 0.3 is 0 Å². The summed E-state index contributed by atoms with van der Waals surface area (Å²) in [6.45, 7) is 5.40. The van der Waals surface area contributed by atoms with E-state index in [0.29, 0.717) is 28.4 Å². The smallest absolute Gasteiger partial charge is 0.268 e. The van der Waals surface area contributed by atoms with Gasteiger partial charge in [0.2, 0.25) is 5.91 Å². The van der Waals surface area contributed by atoms with Gasteiger partial charge in [-0.25, -0.2) is 0 Å². The highest BCUT2D eigenvalue weighted by molar-refractivity contribution is 6.08. The van der Waals surface area contributed by atoms with Crippen molar-refractivity contribution in [1.82, 2.24) is 0 Å². The topological polar surface area (TPSA) is 87.7 Å². The molecule has 168 valence electrons. The summed E-state index contributed by atoms with van der Waals surface area (Å²) in [6.07, 6.45) is -0.724. The molecule has 4 rings (SSSR count). The summed E-state index contributed by atoms with van der Waals surface area (Å²) in [5, 5.41) is 5.65. The molecule has 0 aromatic heterocycles. The lowest BCUT2D eigenvalue weighted by Gasteiger charge is -2.33. The second-order valence-corrected chi connectivity index (χ2v) is 8.03. The lowest BCUT2D eigenvalue weighted by atomic mass is 10.1. The van der Waals surface area contributed by atoms with Crippen molar-refractivity contribution in [3.63, 3.8) is 0 Å². The molecule has 0 saturated carbocycles. The van der Waals surface area contributed by atoms with Gasteiger partial charge in [0.25, 0.3) is 11.8 Å². The van der Waals surface area contributed by atoms with E-state index in [1.165, 1.54) is 4.90 Å². The van der Waals surface area contributed by atoms with Crippen LogP contribution in [0.25, 0.3) is 0 Å². The van der Waals surface area contributed by atoms with E-state index >= 15 is 0 Å². The minimum atomic E-state index is -0.724. The Kier molecular flexibility index (Phi) is 6.13. The molecule has 3 aromatic rings. The van der Waals surface area contributed by atoms with Crippen LogP contribution in [0, 0.1) is 13.8 Å². The third-order valence-corrected chi connectivity index (χ3v) is 5.55. The number of fused-ring (bicyclic) bond motifs is 1. The molecule has 3 amide bonds. The molecule has 1 aliphatic rings. The number of ether oxygens (including phenoxy) is 1. The summed E-state index contributed by atoms with van der Waals surface area (Å²) in [5.74, 6) is -0.454. The average molecular weight is 444 g/mol. The Morgan fingerprint density at radius 2 is 1.67 bits per heavy atom. The van der Waals surface area contributed by atoms with E-state index in [9.17, 15) is 14.4 Å². The van der Waals surface area contributed by atoms with Crippen LogP contribution >= 0.6 is 0 Å². The van der Waals surface area contributed by atoms with E-state index in [4.69, 9.17) is 4.74 Å². The second kappa shape index (κ2) is 9.16. The molecule has 0 saturated heterocycles. The van der Waals surface area contributed by atoms with Crippen molar-refractivity contribution < 1.29 is 19.1 Å². The monoisotopic (exact) mass is 443 g/mol. The predicted octanol–water partition coefficient (Wildman–Crippen LogP) is 4.31. The number of carbonyl (C=O) groups excluding carboxylic acids is 3. The Labute approximate surface area is 192 Å². The number of anilines is 3. The number of amides is 3. The Balaban J connectivity index is 1.56. The number of hydrogen-bond donors (Lipinski definition) is 2. The lowest BCUT2D eigenvalue weighted by molar-refractivity contribution is -0.127. The standard InChI is InChI=1S/C26H25N3O4/c1-16-9-10-19(13-17(16)2)25(31)28-21-11-12-23-22(14-21)29(26(32)18(3)33-23)15-24(30)27-20-7-5-4-6-8-20/h4-14,18H,15H2,1-3H3,(H,27,30)(H,28,31). The van der Waals surface area contributed by atoms with Gasteiger partial charge in [-0.2, -0.15) is 0 Å². The van der Waals surface area contributed by atoms with Gasteiger partial charge < -0.3 is 15.4 Å². The van der Waals surface area contributed by atoms with Gasteiger partial charge in [0.05, 0.1) is 5.69 Å². The van der Waals surface area contributed by atoms with Crippen molar-refractivity contribution in [3.8, 4) is 5.75 Å². The highest BCUT2D eigenvalue weighted by atomic mass is 16.5. The Hall–Kier alpha value is -4.13. The zero-order chi connectivity index (χ0) is 23.5. The van der Waals surface area contributed by atoms with E-state index in [1.54, 1.807) is 43.3 Å². The molecule has 33 heavy (non-hydrogen) atoms. The largest absolute Gasteiger partial charge is 0.479 e. The first-order valence-corrected chi connectivity index (χ1v) is 10.7. The fourth-order valence-electron chi connectivity index (χ4n) is 3.60. The van der Waals surface area contributed by atoms with Crippen molar-refractivity contribution in [2.24, 2.45) is 0 Å². The number of hydrogen-bond acceptors (Lipinski definition) is 4. The van der Waals surface area contributed by atoms with E-state index < -0.39 is 6.10 Å². The minimum Gasteiger partial charge on any atom is -0.479 e. The number of para-hydroxylation sites is 1. The Morgan fingerprint density at radius 1 is 0.909 bits per heavy atom. The Morgan fingerprint density at radius 3 is 2.39 bits per heavy atom. The molecule has 0 spiro atoms. The quantitative estimate of drug-likeness (QED) is 0.615. The van der Waals surface area contributed by atoms with Crippen molar-refractivity contribution in [2.75, 3.05) is 22.1 Å². The fourth-order valence-corrected chi connectivity index (χ4v) is 3.60. The highest BCUT2D eigenvalue weighted by Gasteiger charge is 2.33. The van der Waals surface area contributed by atoms with Crippen LogP contribution in [-0.2, 0) is 9.59 Å². The molecule has 2 N–H and O–H groups in total. The van der Waals surface area contributed by atoms with Crippen LogP contribution in [-0.4, -0.2) is 30.4 Å². The third-order valence-electron chi connectivity index (χ3n) is 5.55. The van der Waals surface area contributed by atoms with Gasteiger partial charge in [0.15, 0.2) is 6.10 Å². The van der Waals surface area contributed by atoms with E-state index in [2.05, 4.69) is 10.6 Å². The number of aryl methyl sites for hydroxylation is 2. The van der Waals surface area contributed by atoms with Crippen molar-refractivity contribution in [3.05, 3.63) is 83.4 Å². The molecule has 7 nitrogen and oxygen atoms in total. The molecular formula is C26H25N3O4. The summed E-state index contributed by atoms with van der Waals surface area (Å²) in [7, 11) is 0. The number of nitrogens with one attached hydrogen (secondary N) is 2. The van der Waals surface area contributed by atoms with Crippen LogP contribution in [0.1, 0.15) is 28.4 Å². The molecule has 0 radical (unpaired) electrons. The van der Waals surface area contributed by atoms with Gasteiger partial charge in [-0.1, -0.05) is 24.3 Å². The lowest BCUT2D eigenvalue weighted by Crippen LogP contribution is -2.47. The van der Waals surface area contributed by atoms with Crippen LogP contribution in [0.2, 0.25) is 0 Å². The first-order chi connectivity index (χ1) is 15.8. The van der Waals surface area contributed by atoms with Crippen LogP contribution in [0.4, 0.5) is 17.1 Å². The zero-order valence-corrected chi connectivity index (χ0v) is 18.7. The normalized spacial score (nSPS) is 14.8. The molecule has 0 bridgehead atoms. The average Bonchev–Trinajstić information content (AvgIpc) is 2.79. The van der Waals surface area contributed by atoms with E-state index in [-0.39, 0.29) is 24.3 Å². The van der Waals surface area contributed by atoms with Crippen LogP contribution in [0.15, 0.2) is 66.7 Å². The van der Waals surface area contributed by atoms with Crippen LogP contribution in [0.5, 0.6) is 5.75 Å². The van der Waals surface area contributed by atoms with Crippen LogP contribution < -0.4 is 20.3 Å². The summed E-state index contributed by atoms with van der Waals surface area (Å²) >= 11 is 0. The molecule has 0 fully saturated rings. The molecule has 3 aromatic carbocycles. The Bertz CT molecular complexity index is 1220. The molecule has 1 aliphatic heterocycles. The van der Waals surface area contributed by atoms with Crippen LogP contribution in [0.3, 0.4) is 0 Å². The number of carbonyl (C=O) groups is 3. The number of benzene rings is 3. The van der Waals surface area contributed by atoms with Gasteiger partial charge in [-0.05, 0) is 74.4 Å². The van der Waals surface area contributed by atoms with Crippen molar-refractivity contribution >= 4 is 34.8 Å². The second-order valence-electron chi connectivity index (χ2n) is 8.03. The first-order valence-electron chi connectivity index (χ1n) is 10.7. The highest BCUT2D eigenvalue weighted by Crippen LogP contribution is 2.36. The maximum atomic E-state index is 12.8. The van der Waals surface area contributed by atoms with Gasteiger partial charge in [-0.15, -0.1) is 0 Å². The zero-order valence-electron chi connectivity index (χ0n) is 18.7. The van der Waals surface area contributed by atoms with E-state index in [1.807, 2.05) is 44.2 Å². The van der Waals surface area contributed by atoms with Gasteiger partial charge in [0, 0.05) is 16.9 Å². The number of rotatable bonds is 5. The minimum absolute atomic E-state index is 0.178. The van der Waals surface area contributed by atoms with Gasteiger partial charge in [0.1, 0.15) is 12.3 Å². The molecule has 1 atom stereocenters.